The van der Waals surface area contributed by atoms with Gasteiger partial charge in [-0.25, -0.2) is 18.0 Å². The van der Waals surface area contributed by atoms with Crippen LogP contribution in [0.1, 0.15) is 35.1 Å². The number of urea groups is 1. The minimum atomic E-state index is -3.61. The molecular weight excluding hydrogens is 610 g/mol. The maximum atomic E-state index is 13.3. The molecule has 1 fully saturated rings. The number of hydrogen-bond donors (Lipinski definition) is 2. The van der Waals surface area contributed by atoms with Gasteiger partial charge in [-0.2, -0.15) is 9.98 Å². The predicted molar refractivity (Wildman–Crippen MR) is 175 cm³/mol. The molecule has 1 atom stereocenters. The van der Waals surface area contributed by atoms with Crippen molar-refractivity contribution in [3.63, 3.8) is 0 Å². The van der Waals surface area contributed by atoms with E-state index in [1.165, 1.54) is 4.90 Å². The van der Waals surface area contributed by atoms with Gasteiger partial charge in [0.25, 0.3) is 15.9 Å². The molecule has 46 heavy (non-hydrogen) atoms. The van der Waals surface area contributed by atoms with Crippen LogP contribution in [0.5, 0.6) is 0 Å². The van der Waals surface area contributed by atoms with Crippen LogP contribution in [-0.4, -0.2) is 91.9 Å². The molecule has 2 heterocycles. The second-order valence-electron chi connectivity index (χ2n) is 11.0. The number of carbonyl (C=O) groups is 3. The van der Waals surface area contributed by atoms with E-state index in [1.807, 2.05) is 61.0 Å². The van der Waals surface area contributed by atoms with Gasteiger partial charge in [-0.3, -0.25) is 4.79 Å². The molecule has 4 amide bonds. The van der Waals surface area contributed by atoms with Gasteiger partial charge in [-0.15, -0.1) is 4.40 Å². The van der Waals surface area contributed by atoms with Gasteiger partial charge in [-0.1, -0.05) is 30.3 Å². The average molecular weight is 646 g/mol. The Bertz CT molecular complexity index is 1800. The maximum absolute atomic E-state index is 13.3. The van der Waals surface area contributed by atoms with Crippen LogP contribution in [0.2, 0.25) is 0 Å². The lowest BCUT2D eigenvalue weighted by Crippen LogP contribution is -2.50. The zero-order valence-electron chi connectivity index (χ0n) is 25.8. The first-order valence-corrected chi connectivity index (χ1v) is 16.4. The Morgan fingerprint density at radius 1 is 1.11 bits per heavy atom. The van der Waals surface area contributed by atoms with Crippen LogP contribution < -0.4 is 11.1 Å². The highest BCUT2D eigenvalue weighted by molar-refractivity contribution is 7.89. The number of aryl methyl sites for hydroxylation is 2. The van der Waals surface area contributed by atoms with Crippen molar-refractivity contribution in [1.29, 1.82) is 0 Å². The van der Waals surface area contributed by atoms with Gasteiger partial charge in [0.05, 0.1) is 24.2 Å². The summed E-state index contributed by atoms with van der Waals surface area (Å²) in [6.07, 6.45) is 1.90. The van der Waals surface area contributed by atoms with Gasteiger partial charge in [0, 0.05) is 49.3 Å². The Morgan fingerprint density at radius 3 is 2.50 bits per heavy atom. The number of nitrogens with two attached hydrogens (primary N) is 1. The molecular formula is C32H35N7O6S. The summed E-state index contributed by atoms with van der Waals surface area (Å²) in [7, 11) is -3.61. The molecule has 0 saturated carbocycles. The molecule has 2 aliphatic rings. The Labute approximate surface area is 267 Å². The number of piperidine rings is 1. The van der Waals surface area contributed by atoms with Crippen LogP contribution in [0.15, 0.2) is 62.7 Å². The van der Waals surface area contributed by atoms with Crippen LogP contribution in [0, 0.1) is 13.8 Å². The summed E-state index contributed by atoms with van der Waals surface area (Å²) < 4.78 is 30.7. The summed E-state index contributed by atoms with van der Waals surface area (Å²) in [4.78, 5) is 49.9. The number of anilines is 2. The largest absolute Gasteiger partial charge is 0.435 e. The zero-order chi connectivity index (χ0) is 33.3. The summed E-state index contributed by atoms with van der Waals surface area (Å²) in [5.74, 6) is 5.65. The Hall–Kier alpha value is -5.21. The van der Waals surface area contributed by atoms with E-state index in [4.69, 9.17) is 10.5 Å². The smallest absolute Gasteiger partial charge is 0.410 e. The third kappa shape index (κ3) is 9.39. The molecule has 0 spiro atoms. The van der Waals surface area contributed by atoms with Gasteiger partial charge >= 0.3 is 12.1 Å². The van der Waals surface area contributed by atoms with E-state index in [9.17, 15) is 22.8 Å². The number of benzene rings is 2. The number of aliphatic imine (C=N–C) groups is 2. The number of nitrogen functional groups attached to an aromatic ring is 1. The Kier molecular flexibility index (Phi) is 11.1. The number of carbonyl (C=O) groups excluding carboxylic acids is 3. The molecule has 14 heteroatoms. The van der Waals surface area contributed by atoms with Gasteiger partial charge in [0.15, 0.2) is 6.10 Å². The molecule has 4 rings (SSSR count). The number of ether oxygens (including phenoxy) is 1. The van der Waals surface area contributed by atoms with Crippen molar-refractivity contribution < 1.29 is 27.5 Å². The van der Waals surface area contributed by atoms with Crippen LogP contribution >= 0.6 is 0 Å². The van der Waals surface area contributed by atoms with Gasteiger partial charge < -0.3 is 25.6 Å². The van der Waals surface area contributed by atoms with Crippen LogP contribution in [-0.2, 0) is 32.4 Å². The fraction of sp³-hybridized carbons (Fsp3) is 0.375. The van der Waals surface area contributed by atoms with E-state index in [2.05, 4.69) is 37.2 Å². The fourth-order valence-electron chi connectivity index (χ4n) is 5.26. The minimum absolute atomic E-state index is 0.0480. The first-order chi connectivity index (χ1) is 21.9. The van der Waals surface area contributed by atoms with E-state index in [1.54, 1.807) is 0 Å². The Balaban J connectivity index is 1.44. The lowest BCUT2D eigenvalue weighted by molar-refractivity contribution is -0.126. The lowest BCUT2D eigenvalue weighted by atomic mass is 10.00. The van der Waals surface area contributed by atoms with Crippen LogP contribution in [0.25, 0.3) is 0 Å². The highest BCUT2D eigenvalue weighted by Gasteiger charge is 2.33. The summed E-state index contributed by atoms with van der Waals surface area (Å²) in [5.41, 5.74) is 13.4. The molecule has 0 unspecified atom stereocenters. The summed E-state index contributed by atoms with van der Waals surface area (Å²) in [6, 6.07) is 11.2. The first-order valence-electron chi connectivity index (χ1n) is 14.6. The zero-order valence-corrected chi connectivity index (χ0v) is 26.6. The van der Waals surface area contributed by atoms with Crippen molar-refractivity contribution in [2.75, 3.05) is 36.9 Å². The van der Waals surface area contributed by atoms with E-state index < -0.39 is 28.1 Å². The van der Waals surface area contributed by atoms with Gasteiger partial charge in [-0.05, 0) is 67.2 Å². The molecule has 0 bridgehead atoms. The van der Waals surface area contributed by atoms with Gasteiger partial charge in [0.1, 0.15) is 0 Å². The molecule has 13 nitrogen and oxygen atoms in total. The standard InChI is InChI=1S/C32H35N7O6S/c1-22-19-24(20-23(2)29(22)33)21-28(30(40)35-13-6-12-34-14-15-36-46(3,43)44)45-32(42)38-16-10-26(11-17-38)39-18-9-25-7-4-5-8-27(25)37-31(39)41/h4-5,7-8,12,19-20,26,28H,9-11,16-18,21,33H2,1-3H3,(H,37,41)/t28-/m1/s1. The van der Waals surface area contributed by atoms with E-state index in [-0.39, 0.29) is 18.5 Å². The number of hydrogen-bond acceptors (Lipinski definition) is 8. The monoisotopic (exact) mass is 645 g/mol. The van der Waals surface area contributed by atoms with Crippen molar-refractivity contribution >= 4 is 57.0 Å². The van der Waals surface area contributed by atoms with Crippen molar-refractivity contribution in [2.24, 2.45) is 14.4 Å². The molecule has 0 radical (unpaired) electrons. The molecule has 2 aliphatic heterocycles. The quantitative estimate of drug-likeness (QED) is 0.264. The SMILES string of the molecule is Cc1cc(C[C@@H](OC(=O)N2CCC(N3CCc4ccccc4NC3=O)CC2)C(=O)N=C=C=CN=C=C=NS(C)(=O)=O)cc(C)c1N. The van der Waals surface area contributed by atoms with E-state index >= 15 is 0 Å². The summed E-state index contributed by atoms with van der Waals surface area (Å²) in [6.45, 7) is 4.97. The highest BCUT2D eigenvalue weighted by atomic mass is 32.2. The molecule has 240 valence electrons. The van der Waals surface area contributed by atoms with Crippen LogP contribution in [0.4, 0.5) is 21.0 Å². The van der Waals surface area contributed by atoms with Crippen molar-refractivity contribution in [2.45, 2.75) is 51.7 Å². The number of nitrogens with zero attached hydrogens (tertiary/aromatic N) is 5. The normalized spacial score (nSPS) is 15.3. The number of fused-ring (bicyclic) bond motifs is 1. The molecule has 2 aromatic carbocycles. The number of likely N-dealkylation sites (tertiary alicyclic amines) is 1. The van der Waals surface area contributed by atoms with Crippen molar-refractivity contribution in [3.05, 3.63) is 70.6 Å². The number of para-hydroxylation sites is 1. The Morgan fingerprint density at radius 2 is 1.80 bits per heavy atom. The predicted octanol–water partition coefficient (Wildman–Crippen LogP) is 3.21. The van der Waals surface area contributed by atoms with Crippen LogP contribution in [0.3, 0.4) is 0 Å². The lowest BCUT2D eigenvalue weighted by Gasteiger charge is -2.37. The van der Waals surface area contributed by atoms with E-state index in [0.717, 1.165) is 46.8 Å². The molecule has 2 aromatic rings. The van der Waals surface area contributed by atoms with Crippen molar-refractivity contribution in [3.8, 4) is 0 Å². The molecule has 0 aliphatic carbocycles. The molecule has 3 N–H and O–H groups in total. The third-order valence-corrected chi connectivity index (χ3v) is 8.01. The molecule has 1 saturated heterocycles. The second-order valence-corrected chi connectivity index (χ2v) is 12.6. The number of sulfonamides is 1. The average Bonchev–Trinajstić information content (AvgIpc) is 3.18. The van der Waals surface area contributed by atoms with Gasteiger partial charge in [0.2, 0.25) is 0 Å². The minimum Gasteiger partial charge on any atom is -0.435 e. The second kappa shape index (κ2) is 15.2. The number of nitrogens with one attached hydrogen (secondary N) is 1. The maximum Gasteiger partial charge on any atom is 0.410 e. The molecule has 0 aromatic heterocycles. The highest BCUT2D eigenvalue weighted by Crippen LogP contribution is 2.25. The third-order valence-electron chi connectivity index (χ3n) is 7.58. The van der Waals surface area contributed by atoms with E-state index in [0.29, 0.717) is 38.2 Å². The number of rotatable bonds is 7. The topological polar surface area (TPSA) is 176 Å². The summed E-state index contributed by atoms with van der Waals surface area (Å²) >= 11 is 0. The van der Waals surface area contributed by atoms with Crippen molar-refractivity contribution in [1.82, 2.24) is 9.80 Å². The fourth-order valence-corrected chi connectivity index (χ4v) is 5.46. The first kappa shape index (κ1) is 33.7. The summed E-state index contributed by atoms with van der Waals surface area (Å²) in [5, 5.41) is 2.99. The number of amides is 4.